The predicted octanol–water partition coefficient (Wildman–Crippen LogP) is 3.91. The number of carboxylic acids is 1. The molecule has 5 heteroatoms. The standard InChI is InChI=1S/C15H16ClNO2S/c1-9-10-4-2-5-11(16)14(10)20-13(9)8-17-7-3-6-12(17)15(18)19/h2,4-5,12H,3,6-8H2,1H3,(H,18,19)/t12-/m0/s1. The fraction of sp³-hybridized carbons (Fsp3) is 0.400. The topological polar surface area (TPSA) is 40.5 Å². The van der Waals surface area contributed by atoms with Crippen LogP contribution in [-0.4, -0.2) is 28.6 Å². The molecule has 1 fully saturated rings. The summed E-state index contributed by atoms with van der Waals surface area (Å²) in [4.78, 5) is 14.5. The highest BCUT2D eigenvalue weighted by molar-refractivity contribution is 7.20. The summed E-state index contributed by atoms with van der Waals surface area (Å²) in [5.74, 6) is -0.709. The fourth-order valence-electron chi connectivity index (χ4n) is 2.89. The molecular formula is C15H16ClNO2S. The Labute approximate surface area is 126 Å². The molecule has 0 saturated carbocycles. The highest BCUT2D eigenvalue weighted by Gasteiger charge is 2.31. The van der Waals surface area contributed by atoms with Crippen LogP contribution in [0.5, 0.6) is 0 Å². The van der Waals surface area contributed by atoms with E-state index in [1.807, 2.05) is 12.1 Å². The maximum Gasteiger partial charge on any atom is 0.320 e. The molecule has 2 heterocycles. The monoisotopic (exact) mass is 309 g/mol. The molecule has 0 aliphatic carbocycles. The van der Waals surface area contributed by atoms with Gasteiger partial charge in [-0.2, -0.15) is 0 Å². The Morgan fingerprint density at radius 3 is 3.05 bits per heavy atom. The smallest absolute Gasteiger partial charge is 0.320 e. The number of aryl methyl sites for hydroxylation is 1. The SMILES string of the molecule is Cc1c(CN2CCC[C@H]2C(=O)O)sc2c(Cl)cccc12. The summed E-state index contributed by atoms with van der Waals surface area (Å²) in [5, 5.41) is 11.2. The number of halogens is 1. The average molecular weight is 310 g/mol. The minimum Gasteiger partial charge on any atom is -0.480 e. The second kappa shape index (κ2) is 5.35. The molecular weight excluding hydrogens is 294 g/mol. The highest BCUT2D eigenvalue weighted by Crippen LogP contribution is 2.37. The number of carboxylic acid groups (broad SMARTS) is 1. The largest absolute Gasteiger partial charge is 0.480 e. The maximum absolute atomic E-state index is 11.3. The van der Waals surface area contributed by atoms with E-state index in [1.165, 1.54) is 15.8 Å². The fourth-order valence-corrected chi connectivity index (χ4v) is 4.41. The average Bonchev–Trinajstić information content (AvgIpc) is 2.98. The zero-order valence-electron chi connectivity index (χ0n) is 11.2. The van der Waals surface area contributed by atoms with Gasteiger partial charge in [0.25, 0.3) is 0 Å². The van der Waals surface area contributed by atoms with Crippen molar-refractivity contribution in [1.82, 2.24) is 4.90 Å². The van der Waals surface area contributed by atoms with Crippen LogP contribution in [0.15, 0.2) is 18.2 Å². The van der Waals surface area contributed by atoms with Crippen molar-refractivity contribution in [3.05, 3.63) is 33.7 Å². The molecule has 1 aliphatic rings. The first-order valence-electron chi connectivity index (χ1n) is 6.71. The van der Waals surface area contributed by atoms with Crippen LogP contribution >= 0.6 is 22.9 Å². The molecule has 1 aliphatic heterocycles. The normalized spacial score (nSPS) is 19.8. The lowest BCUT2D eigenvalue weighted by Crippen LogP contribution is -2.35. The first-order valence-corrected chi connectivity index (χ1v) is 7.90. The van der Waals surface area contributed by atoms with Crippen LogP contribution in [0.4, 0.5) is 0 Å². The van der Waals surface area contributed by atoms with E-state index in [1.54, 1.807) is 11.3 Å². The van der Waals surface area contributed by atoms with Crippen molar-refractivity contribution >= 4 is 39.0 Å². The molecule has 20 heavy (non-hydrogen) atoms. The Morgan fingerprint density at radius 1 is 1.55 bits per heavy atom. The van der Waals surface area contributed by atoms with Gasteiger partial charge in [0, 0.05) is 11.4 Å². The van der Waals surface area contributed by atoms with Crippen molar-refractivity contribution in [2.45, 2.75) is 32.4 Å². The number of thiophene rings is 1. The Kier molecular flexibility index (Phi) is 3.71. The van der Waals surface area contributed by atoms with Crippen molar-refractivity contribution in [3.63, 3.8) is 0 Å². The number of fused-ring (bicyclic) bond motifs is 1. The van der Waals surface area contributed by atoms with Crippen molar-refractivity contribution in [3.8, 4) is 0 Å². The van der Waals surface area contributed by atoms with E-state index in [4.69, 9.17) is 11.6 Å². The number of hydrogen-bond acceptors (Lipinski definition) is 3. The minimum atomic E-state index is -0.709. The van der Waals surface area contributed by atoms with E-state index in [2.05, 4.69) is 17.9 Å². The van der Waals surface area contributed by atoms with E-state index in [0.717, 1.165) is 29.1 Å². The number of benzene rings is 1. The van der Waals surface area contributed by atoms with Crippen molar-refractivity contribution in [2.75, 3.05) is 6.54 Å². The Bertz CT molecular complexity index is 667. The Balaban J connectivity index is 1.93. The second-order valence-corrected chi connectivity index (χ2v) is 6.75. The van der Waals surface area contributed by atoms with E-state index in [9.17, 15) is 9.90 Å². The molecule has 2 aromatic rings. The van der Waals surface area contributed by atoms with Crippen molar-refractivity contribution < 1.29 is 9.90 Å². The Morgan fingerprint density at radius 2 is 2.35 bits per heavy atom. The van der Waals surface area contributed by atoms with Gasteiger partial charge in [-0.3, -0.25) is 9.69 Å². The molecule has 106 valence electrons. The molecule has 0 radical (unpaired) electrons. The van der Waals surface area contributed by atoms with Crippen molar-refractivity contribution in [2.24, 2.45) is 0 Å². The highest BCUT2D eigenvalue weighted by atomic mass is 35.5. The van der Waals surface area contributed by atoms with E-state index in [0.29, 0.717) is 6.54 Å². The van der Waals surface area contributed by atoms with Crippen LogP contribution in [-0.2, 0) is 11.3 Å². The van der Waals surface area contributed by atoms with Gasteiger partial charge in [-0.15, -0.1) is 11.3 Å². The van der Waals surface area contributed by atoms with Gasteiger partial charge < -0.3 is 5.11 Å². The molecule has 1 saturated heterocycles. The van der Waals surface area contributed by atoms with Gasteiger partial charge in [0.2, 0.25) is 0 Å². The van der Waals surface area contributed by atoms with Crippen LogP contribution in [0.1, 0.15) is 23.3 Å². The molecule has 1 aromatic heterocycles. The summed E-state index contributed by atoms with van der Waals surface area (Å²) in [6.07, 6.45) is 1.71. The van der Waals surface area contributed by atoms with Crippen molar-refractivity contribution in [1.29, 1.82) is 0 Å². The molecule has 1 N–H and O–H groups in total. The lowest BCUT2D eigenvalue weighted by molar-refractivity contribution is -0.142. The zero-order chi connectivity index (χ0) is 14.3. The summed E-state index contributed by atoms with van der Waals surface area (Å²) in [6.45, 7) is 3.66. The minimum absolute atomic E-state index is 0.338. The number of hydrogen-bond donors (Lipinski definition) is 1. The quantitative estimate of drug-likeness (QED) is 0.934. The van der Waals surface area contributed by atoms with Gasteiger partial charge in [-0.25, -0.2) is 0 Å². The van der Waals surface area contributed by atoms with Gasteiger partial charge in [0.05, 0.1) is 9.72 Å². The summed E-state index contributed by atoms with van der Waals surface area (Å²) in [7, 11) is 0. The van der Waals surface area contributed by atoms with Gasteiger partial charge in [0.15, 0.2) is 0 Å². The lowest BCUT2D eigenvalue weighted by atomic mass is 10.1. The first-order chi connectivity index (χ1) is 9.58. The molecule has 0 spiro atoms. The molecule has 3 nitrogen and oxygen atoms in total. The summed E-state index contributed by atoms with van der Waals surface area (Å²) in [6, 6.07) is 5.61. The van der Waals surface area contributed by atoms with E-state index >= 15 is 0 Å². The molecule has 0 amide bonds. The van der Waals surface area contributed by atoms with Crippen LogP contribution < -0.4 is 0 Å². The number of carbonyl (C=O) groups is 1. The number of likely N-dealkylation sites (tertiary alicyclic amines) is 1. The third kappa shape index (κ3) is 2.32. The number of aliphatic carboxylic acids is 1. The number of nitrogens with zero attached hydrogens (tertiary/aromatic N) is 1. The number of rotatable bonds is 3. The third-order valence-corrected chi connectivity index (χ3v) is 5.76. The Hall–Kier alpha value is -1.10. The molecule has 1 aromatic carbocycles. The lowest BCUT2D eigenvalue weighted by Gasteiger charge is -2.20. The van der Waals surface area contributed by atoms with Crippen LogP contribution in [0.25, 0.3) is 10.1 Å². The summed E-state index contributed by atoms with van der Waals surface area (Å²) < 4.78 is 1.10. The van der Waals surface area contributed by atoms with Gasteiger partial charge in [-0.1, -0.05) is 23.7 Å². The summed E-state index contributed by atoms with van der Waals surface area (Å²) in [5.41, 5.74) is 1.23. The molecule has 3 rings (SSSR count). The second-order valence-electron chi connectivity index (χ2n) is 5.23. The molecule has 0 bridgehead atoms. The molecule has 1 atom stereocenters. The van der Waals surface area contributed by atoms with E-state index < -0.39 is 5.97 Å². The zero-order valence-corrected chi connectivity index (χ0v) is 12.8. The van der Waals surface area contributed by atoms with Crippen LogP contribution in [0.3, 0.4) is 0 Å². The first kappa shape index (κ1) is 13.9. The van der Waals surface area contributed by atoms with Gasteiger partial charge in [0.1, 0.15) is 6.04 Å². The predicted molar refractivity (Wildman–Crippen MR) is 82.6 cm³/mol. The van der Waals surface area contributed by atoms with Crippen LogP contribution in [0.2, 0.25) is 5.02 Å². The summed E-state index contributed by atoms with van der Waals surface area (Å²) >= 11 is 7.93. The van der Waals surface area contributed by atoms with E-state index in [-0.39, 0.29) is 6.04 Å². The molecule has 0 unspecified atom stereocenters. The van der Waals surface area contributed by atoms with Gasteiger partial charge >= 0.3 is 5.97 Å². The van der Waals surface area contributed by atoms with Gasteiger partial charge in [-0.05, 0) is 43.3 Å². The third-order valence-electron chi connectivity index (χ3n) is 4.01. The maximum atomic E-state index is 11.3. The van der Waals surface area contributed by atoms with Crippen LogP contribution in [0, 0.1) is 6.92 Å².